The maximum absolute atomic E-state index is 12.1. The van der Waals surface area contributed by atoms with E-state index in [9.17, 15) is 14.4 Å². The number of fused-ring (bicyclic) bond motifs is 3. The van der Waals surface area contributed by atoms with Crippen molar-refractivity contribution >= 4 is 18.0 Å². The van der Waals surface area contributed by atoms with Gasteiger partial charge in [0.1, 0.15) is 12.6 Å². The van der Waals surface area contributed by atoms with Gasteiger partial charge in [0.2, 0.25) is 5.91 Å². The Morgan fingerprint density at radius 1 is 0.969 bits per heavy atom. The summed E-state index contributed by atoms with van der Waals surface area (Å²) in [6.45, 7) is 2.46. The number of benzene rings is 2. The summed E-state index contributed by atoms with van der Waals surface area (Å²) < 4.78 is 5.49. The van der Waals surface area contributed by atoms with Crippen LogP contribution in [-0.2, 0) is 14.3 Å². The van der Waals surface area contributed by atoms with Crippen LogP contribution in [0.3, 0.4) is 0 Å². The molecule has 0 radical (unpaired) electrons. The number of aliphatic carboxylic acids is 1. The van der Waals surface area contributed by atoms with Gasteiger partial charge >= 0.3 is 12.1 Å². The first-order chi connectivity index (χ1) is 15.5. The minimum atomic E-state index is -1.02. The molecule has 2 aromatic rings. The van der Waals surface area contributed by atoms with Gasteiger partial charge < -0.3 is 20.5 Å². The Bertz CT molecular complexity index is 913. The van der Waals surface area contributed by atoms with Crippen LogP contribution >= 0.6 is 0 Å². The zero-order valence-electron chi connectivity index (χ0n) is 18.3. The van der Waals surface area contributed by atoms with Crippen molar-refractivity contribution in [3.8, 4) is 11.1 Å². The summed E-state index contributed by atoms with van der Waals surface area (Å²) in [6.07, 6.45) is 2.28. The van der Waals surface area contributed by atoms with E-state index in [0.29, 0.717) is 25.8 Å². The second kappa shape index (κ2) is 11.3. The van der Waals surface area contributed by atoms with E-state index in [0.717, 1.165) is 6.42 Å². The first-order valence-corrected chi connectivity index (χ1v) is 11.1. The second-order valence-corrected chi connectivity index (χ2v) is 7.93. The van der Waals surface area contributed by atoms with E-state index in [1.165, 1.54) is 22.3 Å². The zero-order valence-corrected chi connectivity index (χ0v) is 18.3. The van der Waals surface area contributed by atoms with Crippen molar-refractivity contribution in [1.29, 1.82) is 0 Å². The summed E-state index contributed by atoms with van der Waals surface area (Å²) >= 11 is 0. The summed E-state index contributed by atoms with van der Waals surface area (Å²) in [5.74, 6) is -1.25. The molecule has 0 aliphatic heterocycles. The highest BCUT2D eigenvalue weighted by atomic mass is 16.5. The fraction of sp³-hybridized carbons (Fsp3) is 0.400. The zero-order chi connectivity index (χ0) is 22.9. The number of hydrogen-bond acceptors (Lipinski definition) is 4. The molecule has 32 heavy (non-hydrogen) atoms. The lowest BCUT2D eigenvalue weighted by atomic mass is 9.98. The number of nitrogens with one attached hydrogen (secondary N) is 2. The fourth-order valence-corrected chi connectivity index (χ4v) is 4.03. The summed E-state index contributed by atoms with van der Waals surface area (Å²) in [5, 5.41) is 14.2. The Kier molecular flexibility index (Phi) is 8.25. The number of carboxylic acid groups (broad SMARTS) is 1. The molecule has 1 atom stereocenters. The molecule has 0 bridgehead atoms. The number of amides is 2. The van der Waals surface area contributed by atoms with Crippen LogP contribution in [0, 0.1) is 0 Å². The normalized spacial score (nSPS) is 13.0. The van der Waals surface area contributed by atoms with E-state index in [-0.39, 0.29) is 24.9 Å². The van der Waals surface area contributed by atoms with Gasteiger partial charge in [-0.1, -0.05) is 61.9 Å². The number of carbonyl (C=O) groups is 3. The van der Waals surface area contributed by atoms with Gasteiger partial charge in [-0.05, 0) is 41.5 Å². The van der Waals surface area contributed by atoms with Crippen molar-refractivity contribution in [2.24, 2.45) is 0 Å². The van der Waals surface area contributed by atoms with E-state index in [1.54, 1.807) is 6.92 Å². The number of alkyl carbamates (subject to hydrolysis) is 1. The van der Waals surface area contributed by atoms with Crippen molar-refractivity contribution in [3.05, 3.63) is 59.7 Å². The second-order valence-electron chi connectivity index (χ2n) is 7.93. The average molecular weight is 439 g/mol. The third-order valence-corrected chi connectivity index (χ3v) is 5.74. The maximum atomic E-state index is 12.1. The molecule has 3 rings (SSSR count). The molecule has 0 heterocycles. The van der Waals surface area contributed by atoms with Gasteiger partial charge in [0.05, 0.1) is 0 Å². The largest absolute Gasteiger partial charge is 0.480 e. The molecule has 170 valence electrons. The van der Waals surface area contributed by atoms with E-state index in [2.05, 4.69) is 34.9 Å². The number of unbranched alkanes of at least 4 members (excludes halogenated alkanes) is 2. The minimum absolute atomic E-state index is 0.0319. The highest BCUT2D eigenvalue weighted by Crippen LogP contribution is 2.44. The molecule has 3 N–H and O–H groups in total. The highest BCUT2D eigenvalue weighted by molar-refractivity contribution is 5.83. The van der Waals surface area contributed by atoms with Crippen LogP contribution in [0.4, 0.5) is 4.79 Å². The molecule has 0 saturated carbocycles. The maximum Gasteiger partial charge on any atom is 0.407 e. The van der Waals surface area contributed by atoms with Crippen LogP contribution in [0.15, 0.2) is 48.5 Å². The number of rotatable bonds is 11. The summed E-state index contributed by atoms with van der Waals surface area (Å²) in [5.41, 5.74) is 4.73. The third-order valence-electron chi connectivity index (χ3n) is 5.74. The van der Waals surface area contributed by atoms with E-state index in [1.807, 2.05) is 24.3 Å². The van der Waals surface area contributed by atoms with Gasteiger partial charge in [-0.3, -0.25) is 4.79 Å². The summed E-state index contributed by atoms with van der Waals surface area (Å²) in [4.78, 5) is 34.8. The SMILES string of the molecule is CCC(NC(=O)CCCCCNC(=O)OCC1c2ccccc2-c2ccccc21)C(=O)O. The molecule has 1 aliphatic carbocycles. The third kappa shape index (κ3) is 5.87. The summed E-state index contributed by atoms with van der Waals surface area (Å²) in [6, 6.07) is 15.6. The number of hydrogen-bond donors (Lipinski definition) is 3. The molecule has 7 nitrogen and oxygen atoms in total. The smallest absolute Gasteiger partial charge is 0.407 e. The number of carbonyl (C=O) groups excluding carboxylic acids is 2. The summed E-state index contributed by atoms with van der Waals surface area (Å²) in [7, 11) is 0. The standard InChI is InChI=1S/C25H30N2O5/c1-2-22(24(29)30)27-23(28)14-4-3-9-15-26-25(31)32-16-21-19-12-7-5-10-17(19)18-11-6-8-13-20(18)21/h5-8,10-13,21-22H,2-4,9,14-16H2,1H3,(H,26,31)(H,27,28)(H,29,30). The van der Waals surface area contributed by atoms with Gasteiger partial charge in [-0.25, -0.2) is 9.59 Å². The Hall–Kier alpha value is -3.35. The van der Waals surface area contributed by atoms with Crippen molar-refractivity contribution in [2.75, 3.05) is 13.2 Å². The molecule has 2 aromatic carbocycles. The van der Waals surface area contributed by atoms with Gasteiger partial charge in [0.25, 0.3) is 0 Å². The Balaban J connectivity index is 1.34. The van der Waals surface area contributed by atoms with Gasteiger partial charge in [0.15, 0.2) is 0 Å². The minimum Gasteiger partial charge on any atom is -0.480 e. The van der Waals surface area contributed by atoms with Crippen LogP contribution in [-0.4, -0.2) is 42.3 Å². The fourth-order valence-electron chi connectivity index (χ4n) is 4.03. The Morgan fingerprint density at radius 3 is 2.19 bits per heavy atom. The number of ether oxygens (including phenoxy) is 1. The van der Waals surface area contributed by atoms with Crippen LogP contribution in [0.5, 0.6) is 0 Å². The Morgan fingerprint density at radius 2 is 1.59 bits per heavy atom. The molecular weight excluding hydrogens is 408 g/mol. The van der Waals surface area contributed by atoms with Crippen LogP contribution < -0.4 is 10.6 Å². The molecule has 0 saturated heterocycles. The molecule has 0 fully saturated rings. The lowest BCUT2D eigenvalue weighted by Gasteiger charge is -2.14. The van der Waals surface area contributed by atoms with Gasteiger partial charge in [0, 0.05) is 18.9 Å². The first-order valence-electron chi connectivity index (χ1n) is 11.1. The number of carboxylic acids is 1. The van der Waals surface area contributed by atoms with Gasteiger partial charge in [-0.2, -0.15) is 0 Å². The highest BCUT2D eigenvalue weighted by Gasteiger charge is 2.28. The van der Waals surface area contributed by atoms with Crippen molar-refractivity contribution < 1.29 is 24.2 Å². The monoisotopic (exact) mass is 438 g/mol. The van der Waals surface area contributed by atoms with Crippen LogP contribution in [0.2, 0.25) is 0 Å². The molecule has 0 aromatic heterocycles. The molecule has 7 heteroatoms. The molecule has 1 aliphatic rings. The van der Waals surface area contributed by atoms with Crippen molar-refractivity contribution in [2.45, 2.75) is 51.0 Å². The quantitative estimate of drug-likeness (QED) is 0.459. The predicted octanol–water partition coefficient (Wildman–Crippen LogP) is 4.06. The molecular formula is C25H30N2O5. The predicted molar refractivity (Wildman–Crippen MR) is 121 cm³/mol. The lowest BCUT2D eigenvalue weighted by molar-refractivity contribution is -0.141. The lowest BCUT2D eigenvalue weighted by Crippen LogP contribution is -2.40. The topological polar surface area (TPSA) is 105 Å². The van der Waals surface area contributed by atoms with Crippen LogP contribution in [0.1, 0.15) is 56.1 Å². The van der Waals surface area contributed by atoms with E-state index < -0.39 is 18.1 Å². The van der Waals surface area contributed by atoms with Gasteiger partial charge in [-0.15, -0.1) is 0 Å². The first kappa shape index (κ1) is 23.3. The van der Waals surface area contributed by atoms with Crippen molar-refractivity contribution in [3.63, 3.8) is 0 Å². The van der Waals surface area contributed by atoms with E-state index >= 15 is 0 Å². The molecule has 1 unspecified atom stereocenters. The van der Waals surface area contributed by atoms with Crippen LogP contribution in [0.25, 0.3) is 11.1 Å². The van der Waals surface area contributed by atoms with E-state index in [4.69, 9.17) is 9.84 Å². The average Bonchev–Trinajstić information content (AvgIpc) is 3.12. The van der Waals surface area contributed by atoms with Crippen molar-refractivity contribution in [1.82, 2.24) is 10.6 Å². The molecule has 0 spiro atoms. The molecule has 2 amide bonds. The Labute approximate surface area is 188 Å².